The molecule has 0 aromatic heterocycles. The molecule has 1 aliphatic carbocycles. The number of hydrogen-bond acceptors (Lipinski definition) is 3. The van der Waals surface area contributed by atoms with Crippen molar-refractivity contribution in [2.45, 2.75) is 50.0 Å². The number of benzene rings is 1. The van der Waals surface area contributed by atoms with Crippen LogP contribution in [0.4, 0.5) is 0 Å². The first-order chi connectivity index (χ1) is 11.6. The molecule has 1 heterocycles. The van der Waals surface area contributed by atoms with Crippen molar-refractivity contribution < 1.29 is 9.53 Å². The molecule has 0 unspecified atom stereocenters. The quantitative estimate of drug-likeness (QED) is 0.749. The summed E-state index contributed by atoms with van der Waals surface area (Å²) in [5.41, 5.74) is 7.34. The Morgan fingerprint density at radius 1 is 1.32 bits per heavy atom. The molecule has 3 N–H and O–H groups in total. The van der Waals surface area contributed by atoms with E-state index in [1.165, 1.54) is 5.56 Å². The van der Waals surface area contributed by atoms with E-state index in [9.17, 15) is 4.79 Å². The monoisotopic (exact) mass is 430 g/mol. The van der Waals surface area contributed by atoms with Gasteiger partial charge in [0.25, 0.3) is 0 Å². The van der Waals surface area contributed by atoms with E-state index in [2.05, 4.69) is 39.4 Å². The Morgan fingerprint density at radius 2 is 2.08 bits per heavy atom. The Balaban J connectivity index is 0.00000225. The van der Waals surface area contributed by atoms with E-state index in [4.69, 9.17) is 10.5 Å². The summed E-state index contributed by atoms with van der Waals surface area (Å²) in [5.74, 6) is 0.486. The number of amides is 1. The van der Waals surface area contributed by atoms with E-state index in [-0.39, 0.29) is 29.8 Å². The van der Waals surface area contributed by atoms with Gasteiger partial charge in [-0.05, 0) is 49.3 Å². The maximum Gasteiger partial charge on any atom is 0.220 e. The zero-order valence-corrected chi connectivity index (χ0v) is 16.9. The number of hydrogen-bond donors (Lipinski definition) is 2. The second-order valence-corrected chi connectivity index (χ2v) is 8.15. The SMILES string of the molecule is Cl.N[C@@H]1CCC[C@H]1CC(=O)NCC1(c2cccc(Br)c2)CCOCC1. The van der Waals surface area contributed by atoms with Crippen molar-refractivity contribution in [2.24, 2.45) is 11.7 Å². The smallest absolute Gasteiger partial charge is 0.220 e. The Labute approximate surface area is 164 Å². The predicted molar refractivity (Wildman–Crippen MR) is 106 cm³/mol. The molecule has 1 aromatic rings. The van der Waals surface area contributed by atoms with E-state index in [0.29, 0.717) is 18.9 Å². The van der Waals surface area contributed by atoms with Crippen molar-refractivity contribution in [1.82, 2.24) is 5.32 Å². The number of carbonyl (C=O) groups is 1. The van der Waals surface area contributed by atoms with E-state index in [1.807, 2.05) is 6.07 Å². The summed E-state index contributed by atoms with van der Waals surface area (Å²) in [5, 5.41) is 3.19. The Bertz CT molecular complexity index is 578. The Morgan fingerprint density at radius 3 is 2.72 bits per heavy atom. The molecule has 1 saturated heterocycles. The van der Waals surface area contributed by atoms with Gasteiger partial charge < -0.3 is 15.8 Å². The van der Waals surface area contributed by atoms with Crippen LogP contribution in [-0.2, 0) is 14.9 Å². The minimum absolute atomic E-state index is 0. The van der Waals surface area contributed by atoms with Crippen molar-refractivity contribution in [3.8, 4) is 0 Å². The molecule has 1 saturated carbocycles. The van der Waals surface area contributed by atoms with Crippen LogP contribution in [0.3, 0.4) is 0 Å². The van der Waals surface area contributed by atoms with E-state index >= 15 is 0 Å². The number of nitrogens with two attached hydrogens (primary N) is 1. The second-order valence-electron chi connectivity index (χ2n) is 7.24. The molecule has 4 nitrogen and oxygen atoms in total. The van der Waals surface area contributed by atoms with Crippen molar-refractivity contribution in [3.63, 3.8) is 0 Å². The third-order valence-corrected chi connectivity index (χ3v) is 6.17. The topological polar surface area (TPSA) is 64.4 Å². The summed E-state index contributed by atoms with van der Waals surface area (Å²) in [4.78, 5) is 12.4. The highest BCUT2D eigenvalue weighted by atomic mass is 79.9. The summed E-state index contributed by atoms with van der Waals surface area (Å²) in [6, 6.07) is 8.63. The number of nitrogens with one attached hydrogen (secondary N) is 1. The normalized spacial score (nSPS) is 25.2. The van der Waals surface area contributed by atoms with Crippen molar-refractivity contribution in [3.05, 3.63) is 34.3 Å². The number of ether oxygens (including phenoxy) is 1. The Kier molecular flexibility index (Phi) is 7.74. The largest absolute Gasteiger partial charge is 0.381 e. The van der Waals surface area contributed by atoms with Gasteiger partial charge in [-0.25, -0.2) is 0 Å². The number of rotatable bonds is 5. The molecule has 6 heteroatoms. The van der Waals surface area contributed by atoms with Crippen LogP contribution in [0.25, 0.3) is 0 Å². The van der Waals surface area contributed by atoms with E-state index in [0.717, 1.165) is 49.8 Å². The lowest BCUT2D eigenvalue weighted by Gasteiger charge is -2.38. The summed E-state index contributed by atoms with van der Waals surface area (Å²) < 4.78 is 6.64. The maximum absolute atomic E-state index is 12.4. The molecule has 1 aromatic carbocycles. The van der Waals surface area contributed by atoms with E-state index < -0.39 is 0 Å². The van der Waals surface area contributed by atoms with Gasteiger partial charge >= 0.3 is 0 Å². The van der Waals surface area contributed by atoms with Gasteiger partial charge in [0.05, 0.1) is 0 Å². The molecule has 140 valence electrons. The first kappa shape index (κ1) is 20.7. The molecule has 3 rings (SSSR count). The van der Waals surface area contributed by atoms with Crippen LogP contribution >= 0.6 is 28.3 Å². The molecule has 1 aliphatic heterocycles. The molecule has 0 bridgehead atoms. The average molecular weight is 432 g/mol. The first-order valence-electron chi connectivity index (χ1n) is 8.95. The highest BCUT2D eigenvalue weighted by Crippen LogP contribution is 2.35. The fraction of sp³-hybridized carbons (Fsp3) is 0.632. The van der Waals surface area contributed by atoms with Crippen LogP contribution in [0.1, 0.15) is 44.1 Å². The zero-order valence-electron chi connectivity index (χ0n) is 14.5. The van der Waals surface area contributed by atoms with Crippen LogP contribution in [0, 0.1) is 5.92 Å². The van der Waals surface area contributed by atoms with Crippen molar-refractivity contribution >= 4 is 34.2 Å². The van der Waals surface area contributed by atoms with Gasteiger partial charge in [-0.1, -0.05) is 34.5 Å². The van der Waals surface area contributed by atoms with Crippen molar-refractivity contribution in [1.29, 1.82) is 0 Å². The predicted octanol–water partition coefficient (Wildman–Crippen LogP) is 3.55. The highest BCUT2D eigenvalue weighted by Gasteiger charge is 2.35. The minimum Gasteiger partial charge on any atom is -0.381 e. The van der Waals surface area contributed by atoms with Crippen LogP contribution in [-0.4, -0.2) is 31.7 Å². The summed E-state index contributed by atoms with van der Waals surface area (Å²) in [6.07, 6.45) is 5.72. The summed E-state index contributed by atoms with van der Waals surface area (Å²) in [6.45, 7) is 2.17. The van der Waals surface area contributed by atoms with Gasteiger partial charge in [-0.15, -0.1) is 12.4 Å². The van der Waals surface area contributed by atoms with Crippen LogP contribution < -0.4 is 11.1 Å². The van der Waals surface area contributed by atoms with Crippen molar-refractivity contribution in [2.75, 3.05) is 19.8 Å². The van der Waals surface area contributed by atoms with Gasteiger partial charge in [0.2, 0.25) is 5.91 Å². The number of carbonyl (C=O) groups excluding carboxylic acids is 1. The molecular weight excluding hydrogens is 404 g/mol. The lowest BCUT2D eigenvalue weighted by molar-refractivity contribution is -0.122. The molecule has 0 spiro atoms. The van der Waals surface area contributed by atoms with Gasteiger partial charge in [0.15, 0.2) is 0 Å². The highest BCUT2D eigenvalue weighted by molar-refractivity contribution is 9.10. The van der Waals surface area contributed by atoms with Crippen LogP contribution in [0.15, 0.2) is 28.7 Å². The van der Waals surface area contributed by atoms with E-state index in [1.54, 1.807) is 0 Å². The molecular formula is C19H28BrClN2O2. The molecule has 25 heavy (non-hydrogen) atoms. The van der Waals surface area contributed by atoms with Gasteiger partial charge in [0.1, 0.15) is 0 Å². The third kappa shape index (κ3) is 5.19. The molecule has 1 amide bonds. The fourth-order valence-corrected chi connectivity index (χ4v) is 4.44. The Hall–Kier alpha value is -0.620. The third-order valence-electron chi connectivity index (χ3n) is 5.68. The summed E-state index contributed by atoms with van der Waals surface area (Å²) in [7, 11) is 0. The van der Waals surface area contributed by atoms with Gasteiger partial charge in [-0.2, -0.15) is 0 Å². The first-order valence-corrected chi connectivity index (χ1v) is 9.74. The second kappa shape index (κ2) is 9.36. The van der Waals surface area contributed by atoms with Gasteiger partial charge in [-0.3, -0.25) is 4.79 Å². The summed E-state index contributed by atoms with van der Waals surface area (Å²) >= 11 is 3.57. The molecule has 2 aliphatic rings. The molecule has 2 fully saturated rings. The van der Waals surface area contributed by atoms with Crippen LogP contribution in [0.2, 0.25) is 0 Å². The van der Waals surface area contributed by atoms with Crippen LogP contribution in [0.5, 0.6) is 0 Å². The molecule has 0 radical (unpaired) electrons. The average Bonchev–Trinajstić information content (AvgIpc) is 2.99. The maximum atomic E-state index is 12.4. The lowest BCUT2D eigenvalue weighted by atomic mass is 9.74. The fourth-order valence-electron chi connectivity index (χ4n) is 4.05. The zero-order chi connectivity index (χ0) is 17.0. The minimum atomic E-state index is -0.0323. The van der Waals surface area contributed by atoms with Gasteiger partial charge in [0, 0.05) is 42.1 Å². The lowest BCUT2D eigenvalue weighted by Crippen LogP contribution is -2.45. The molecule has 2 atom stereocenters. The number of halogens is 2. The standard InChI is InChI=1S/C19H27BrN2O2.ClH/c20-16-5-2-4-15(12-16)19(7-9-24-10-8-19)13-22-18(23)11-14-3-1-6-17(14)21;/h2,4-5,12,14,17H,1,3,6-11,13,21H2,(H,22,23);1H/t14-,17+;/m0./s1.